The fourth-order valence-corrected chi connectivity index (χ4v) is 6.78. The molecule has 0 spiro atoms. The summed E-state index contributed by atoms with van der Waals surface area (Å²) in [7, 11) is 0. The number of hydrogen-bond acceptors (Lipinski definition) is 5. The van der Waals surface area contributed by atoms with Crippen molar-refractivity contribution in [3.8, 4) is 0 Å². The number of halogens is 1. The predicted molar refractivity (Wildman–Crippen MR) is 164 cm³/mol. The topological polar surface area (TPSA) is 73.2 Å². The Morgan fingerprint density at radius 2 is 1.83 bits per heavy atom. The van der Waals surface area contributed by atoms with Crippen molar-refractivity contribution >= 4 is 52.4 Å². The van der Waals surface area contributed by atoms with Crippen LogP contribution in [-0.4, -0.2) is 21.8 Å². The Morgan fingerprint density at radius 1 is 1.07 bits per heavy atom. The molecule has 7 heteroatoms. The number of aliphatic carboxylic acids is 1. The standard InChI is InChI=1S/C34H34ClNO3S.Na/c1-33(2,39)29-9-4-3-8-28(29)31(40-22-34(18-19-34)32(37)38)17-11-24-7-5-6-23(20-24)10-15-27-16-13-25-12-14-26(35)21-30(25)36-27;/h3-10,12-16,20-21,31,39H,11,17-19,22H2,1-2H3,(H,37,38);/q;+1/p-1/b15-10+;/t31-;/m0./s1. The number of carboxylic acid groups (broad SMARTS) is 1. The summed E-state index contributed by atoms with van der Waals surface area (Å²) in [5, 5.41) is 24.4. The fourth-order valence-electron chi connectivity index (χ4n) is 5.01. The molecule has 0 bridgehead atoms. The summed E-state index contributed by atoms with van der Waals surface area (Å²) in [4.78, 5) is 16.4. The van der Waals surface area contributed by atoms with E-state index in [1.165, 1.54) is 5.56 Å². The zero-order chi connectivity index (χ0) is 28.3. The maximum atomic E-state index is 11.7. The smallest absolute Gasteiger partial charge is 0.550 e. The Morgan fingerprint density at radius 3 is 2.56 bits per heavy atom. The fraction of sp³-hybridized carbons (Fsp3) is 0.294. The second-order valence-corrected chi connectivity index (χ2v) is 12.8. The van der Waals surface area contributed by atoms with E-state index >= 15 is 0 Å². The second kappa shape index (κ2) is 13.5. The van der Waals surface area contributed by atoms with Crippen molar-refractivity contribution in [1.29, 1.82) is 0 Å². The molecule has 1 heterocycles. The molecule has 3 aromatic carbocycles. The molecule has 1 aliphatic rings. The van der Waals surface area contributed by atoms with Crippen molar-refractivity contribution in [3.63, 3.8) is 0 Å². The van der Waals surface area contributed by atoms with Crippen LogP contribution in [0.5, 0.6) is 0 Å². The number of carbonyl (C=O) groups excluding carboxylic acids is 1. The Kier molecular flexibility index (Phi) is 10.4. The quantitative estimate of drug-likeness (QED) is 0.264. The van der Waals surface area contributed by atoms with Crippen LogP contribution in [0.15, 0.2) is 78.9 Å². The number of rotatable bonds is 11. The van der Waals surface area contributed by atoms with Gasteiger partial charge in [0, 0.05) is 32.8 Å². The summed E-state index contributed by atoms with van der Waals surface area (Å²) < 4.78 is 0. The van der Waals surface area contributed by atoms with Crippen LogP contribution in [-0.2, 0) is 16.8 Å². The van der Waals surface area contributed by atoms with Crippen molar-refractivity contribution in [3.05, 3.63) is 112 Å². The molecule has 0 aliphatic heterocycles. The first-order chi connectivity index (χ1) is 19.1. The van der Waals surface area contributed by atoms with Gasteiger partial charge in [-0.1, -0.05) is 78.3 Å². The summed E-state index contributed by atoms with van der Waals surface area (Å²) in [5.41, 5.74) is 4.26. The molecule has 0 amide bonds. The van der Waals surface area contributed by atoms with E-state index in [4.69, 9.17) is 16.6 Å². The summed E-state index contributed by atoms with van der Waals surface area (Å²) in [6, 6.07) is 26.2. The number of carbonyl (C=O) groups is 1. The van der Waals surface area contributed by atoms with Crippen molar-refractivity contribution in [2.45, 2.75) is 50.4 Å². The van der Waals surface area contributed by atoms with Gasteiger partial charge in [0.25, 0.3) is 0 Å². The molecule has 1 fully saturated rings. The molecular formula is C34H33ClNNaO3S. The van der Waals surface area contributed by atoms with Gasteiger partial charge in [0.05, 0.1) is 16.8 Å². The van der Waals surface area contributed by atoms with Crippen LogP contribution in [0.3, 0.4) is 0 Å². The number of hydrogen-bond donors (Lipinski definition) is 1. The van der Waals surface area contributed by atoms with Crippen LogP contribution in [0.1, 0.15) is 66.3 Å². The minimum atomic E-state index is -0.992. The van der Waals surface area contributed by atoms with Gasteiger partial charge in [0.15, 0.2) is 0 Å². The summed E-state index contributed by atoms with van der Waals surface area (Å²) in [5.74, 6) is -0.426. The maximum absolute atomic E-state index is 11.7. The largest absolute Gasteiger partial charge is 1.00 e. The van der Waals surface area contributed by atoms with Gasteiger partial charge >= 0.3 is 29.6 Å². The summed E-state index contributed by atoms with van der Waals surface area (Å²) in [6.45, 7) is 3.60. The van der Waals surface area contributed by atoms with Gasteiger partial charge in [0.1, 0.15) is 0 Å². The number of aliphatic hydroxyl groups is 1. The van der Waals surface area contributed by atoms with Crippen molar-refractivity contribution in [2.24, 2.45) is 5.41 Å². The average Bonchev–Trinajstić information content (AvgIpc) is 3.73. The van der Waals surface area contributed by atoms with Gasteiger partial charge < -0.3 is 15.0 Å². The predicted octanol–water partition coefficient (Wildman–Crippen LogP) is 4.23. The van der Waals surface area contributed by atoms with Crippen LogP contribution in [0.25, 0.3) is 23.1 Å². The molecule has 0 radical (unpaired) electrons. The molecule has 5 rings (SSSR count). The van der Waals surface area contributed by atoms with E-state index < -0.39 is 17.0 Å². The van der Waals surface area contributed by atoms with E-state index in [0.29, 0.717) is 23.6 Å². The summed E-state index contributed by atoms with van der Waals surface area (Å²) in [6.07, 6.45) is 7.07. The molecule has 4 nitrogen and oxygen atoms in total. The van der Waals surface area contributed by atoms with Crippen LogP contribution in [0, 0.1) is 5.41 Å². The third-order valence-corrected chi connectivity index (χ3v) is 9.43. The number of thioether (sulfide) groups is 1. The van der Waals surface area contributed by atoms with Crippen LogP contribution in [0.2, 0.25) is 5.02 Å². The molecule has 0 saturated heterocycles. The van der Waals surface area contributed by atoms with Crippen LogP contribution in [0.4, 0.5) is 0 Å². The van der Waals surface area contributed by atoms with Gasteiger partial charge in [-0.25, -0.2) is 4.98 Å². The molecule has 4 aromatic rings. The summed E-state index contributed by atoms with van der Waals surface area (Å²) >= 11 is 7.81. The van der Waals surface area contributed by atoms with Crippen molar-refractivity contribution in [2.75, 3.05) is 5.75 Å². The first-order valence-electron chi connectivity index (χ1n) is 13.6. The molecule has 0 unspecified atom stereocenters. The number of carboxylic acids is 1. The molecular weight excluding hydrogens is 561 g/mol. The Bertz CT molecular complexity index is 1560. The molecule has 1 aromatic heterocycles. The van der Waals surface area contributed by atoms with Gasteiger partial charge in [-0.2, -0.15) is 11.8 Å². The average molecular weight is 594 g/mol. The van der Waals surface area contributed by atoms with E-state index in [2.05, 4.69) is 36.4 Å². The Balaban J connectivity index is 0.00000387. The normalized spacial score (nSPS) is 15.0. The van der Waals surface area contributed by atoms with Gasteiger partial charge in [-0.15, -0.1) is 0 Å². The third-order valence-electron chi connectivity index (χ3n) is 7.58. The number of pyridine rings is 1. The molecule has 1 aliphatic carbocycles. The Labute approximate surface area is 273 Å². The monoisotopic (exact) mass is 593 g/mol. The molecule has 1 saturated carbocycles. The zero-order valence-electron chi connectivity index (χ0n) is 23.8. The Hall–Kier alpha value is -2.12. The first kappa shape index (κ1) is 31.8. The molecule has 1 atom stereocenters. The number of fused-ring (bicyclic) bond motifs is 1. The number of benzene rings is 3. The van der Waals surface area contributed by atoms with E-state index in [0.717, 1.165) is 46.1 Å². The molecule has 41 heavy (non-hydrogen) atoms. The van der Waals surface area contributed by atoms with Gasteiger partial charge in [0.2, 0.25) is 0 Å². The van der Waals surface area contributed by atoms with Crippen LogP contribution < -0.4 is 34.7 Å². The SMILES string of the molecule is CC(C)(O)c1ccccc1[C@H](CCc1cccc(/C=C/c2ccc3ccc(Cl)cc3n2)c1)SCC1(C(=O)[O-])CC1.[Na+]. The van der Waals surface area contributed by atoms with Crippen molar-refractivity contribution in [1.82, 2.24) is 4.98 Å². The van der Waals surface area contributed by atoms with Gasteiger partial charge in [-0.3, -0.25) is 0 Å². The molecule has 1 N–H and O–H groups in total. The second-order valence-electron chi connectivity index (χ2n) is 11.2. The first-order valence-corrected chi connectivity index (χ1v) is 15.0. The van der Waals surface area contributed by atoms with E-state index in [1.54, 1.807) is 25.6 Å². The number of aryl methyl sites for hydroxylation is 1. The van der Waals surface area contributed by atoms with Crippen molar-refractivity contribution < 1.29 is 44.6 Å². The number of nitrogens with zero attached hydrogens (tertiary/aromatic N) is 1. The number of aromatic nitrogens is 1. The minimum Gasteiger partial charge on any atom is -0.550 e. The third kappa shape index (κ3) is 8.04. The van der Waals surface area contributed by atoms with E-state index in [-0.39, 0.29) is 34.8 Å². The van der Waals surface area contributed by atoms with Gasteiger partial charge in [-0.05, 0) is 86.1 Å². The molecule has 206 valence electrons. The van der Waals surface area contributed by atoms with Crippen LogP contribution >= 0.6 is 23.4 Å². The van der Waals surface area contributed by atoms with E-state index in [1.807, 2.05) is 54.6 Å². The zero-order valence-corrected chi connectivity index (χ0v) is 27.3. The van der Waals surface area contributed by atoms with E-state index in [9.17, 15) is 15.0 Å². The minimum absolute atomic E-state index is 0. The maximum Gasteiger partial charge on any atom is 1.00 e.